The van der Waals surface area contributed by atoms with Gasteiger partial charge in [-0.3, -0.25) is 9.59 Å². The molecule has 3 rings (SSSR count). The summed E-state index contributed by atoms with van der Waals surface area (Å²) in [6.45, 7) is 2.69. The van der Waals surface area contributed by atoms with Gasteiger partial charge in [0.15, 0.2) is 0 Å². The monoisotopic (exact) mass is 576 g/mol. The topological polar surface area (TPSA) is 49.4 Å². The maximum Gasteiger partial charge on any atom is 0.243 e. The van der Waals surface area contributed by atoms with Gasteiger partial charge in [-0.05, 0) is 60.6 Å². The largest absolute Gasteiger partial charge is 0.354 e. The zero-order valence-corrected chi connectivity index (χ0v) is 23.8. The molecule has 3 aromatic carbocycles. The van der Waals surface area contributed by atoms with Crippen LogP contribution >= 0.6 is 46.6 Å². The van der Waals surface area contributed by atoms with Crippen LogP contribution in [0.3, 0.4) is 0 Å². The van der Waals surface area contributed by atoms with Crippen molar-refractivity contribution in [1.29, 1.82) is 0 Å². The summed E-state index contributed by atoms with van der Waals surface area (Å²) in [5, 5.41) is 4.61. The van der Waals surface area contributed by atoms with Gasteiger partial charge in [-0.1, -0.05) is 78.1 Å². The van der Waals surface area contributed by atoms with E-state index >= 15 is 0 Å². The Morgan fingerprint density at radius 1 is 0.919 bits per heavy atom. The molecule has 0 fully saturated rings. The highest BCUT2D eigenvalue weighted by Gasteiger charge is 2.31. The zero-order chi connectivity index (χ0) is 26.6. The van der Waals surface area contributed by atoms with Crippen LogP contribution in [0, 0.1) is 0 Å². The first kappa shape index (κ1) is 29.4. The van der Waals surface area contributed by atoms with Gasteiger partial charge in [0.05, 0.1) is 0 Å². The molecule has 2 amide bonds. The number of halogens is 3. The summed E-state index contributed by atoms with van der Waals surface area (Å²) >= 11 is 20.6. The fourth-order valence-electron chi connectivity index (χ4n) is 3.86. The van der Waals surface area contributed by atoms with Crippen molar-refractivity contribution in [2.75, 3.05) is 12.3 Å². The number of carbonyl (C=O) groups excluding carboxylic acids is 2. The second-order valence-electron chi connectivity index (χ2n) is 8.62. The standard InChI is InChI=1S/C29H31Cl3N2O2S/c1-2-17-33-29(36)27(19-21-8-4-3-5-9-21)34(20-24-25(31)10-6-11-26(24)32)28(35)12-7-18-37-23-15-13-22(30)14-16-23/h3-6,8-11,13-16,27H,2,7,12,17-20H2,1H3,(H,33,36). The lowest BCUT2D eigenvalue weighted by atomic mass is 10.0. The van der Waals surface area contributed by atoms with E-state index in [4.69, 9.17) is 34.8 Å². The Balaban J connectivity index is 1.82. The highest BCUT2D eigenvalue weighted by atomic mass is 35.5. The normalized spacial score (nSPS) is 11.7. The molecule has 4 nitrogen and oxygen atoms in total. The van der Waals surface area contributed by atoms with Crippen LogP contribution in [0.2, 0.25) is 15.1 Å². The Hall–Kier alpha value is -2.18. The molecule has 3 aromatic rings. The van der Waals surface area contributed by atoms with Crippen molar-refractivity contribution in [2.24, 2.45) is 0 Å². The van der Waals surface area contributed by atoms with E-state index in [1.807, 2.05) is 61.5 Å². The predicted molar refractivity (Wildman–Crippen MR) is 156 cm³/mol. The molecule has 0 saturated heterocycles. The molecule has 0 spiro atoms. The van der Waals surface area contributed by atoms with E-state index in [0.717, 1.165) is 22.6 Å². The average molecular weight is 578 g/mol. The Morgan fingerprint density at radius 2 is 1.59 bits per heavy atom. The molecule has 196 valence electrons. The van der Waals surface area contributed by atoms with Crippen LogP contribution in [0.5, 0.6) is 0 Å². The van der Waals surface area contributed by atoms with Crippen molar-refractivity contribution in [2.45, 2.75) is 50.1 Å². The van der Waals surface area contributed by atoms with Gasteiger partial charge in [-0.25, -0.2) is 0 Å². The number of nitrogens with one attached hydrogen (secondary N) is 1. The van der Waals surface area contributed by atoms with Crippen molar-refractivity contribution in [1.82, 2.24) is 10.2 Å². The molecule has 0 aliphatic carbocycles. The van der Waals surface area contributed by atoms with Crippen LogP contribution in [0.15, 0.2) is 77.7 Å². The molecular formula is C29H31Cl3N2O2S. The Morgan fingerprint density at radius 3 is 2.24 bits per heavy atom. The zero-order valence-electron chi connectivity index (χ0n) is 20.8. The van der Waals surface area contributed by atoms with Crippen LogP contribution in [-0.4, -0.2) is 35.1 Å². The molecule has 37 heavy (non-hydrogen) atoms. The molecule has 0 radical (unpaired) electrons. The van der Waals surface area contributed by atoms with Crippen molar-refractivity contribution in [3.05, 3.63) is 99.0 Å². The molecule has 1 N–H and O–H groups in total. The highest BCUT2D eigenvalue weighted by molar-refractivity contribution is 7.99. The number of hydrogen-bond donors (Lipinski definition) is 1. The van der Waals surface area contributed by atoms with Gasteiger partial charge in [0.1, 0.15) is 6.04 Å². The molecular weight excluding hydrogens is 547 g/mol. The van der Waals surface area contributed by atoms with Crippen LogP contribution in [0.1, 0.15) is 37.3 Å². The Kier molecular flexibility index (Phi) is 12.1. The third kappa shape index (κ3) is 9.26. The molecule has 8 heteroatoms. The number of amides is 2. The lowest BCUT2D eigenvalue weighted by Gasteiger charge is -2.32. The van der Waals surface area contributed by atoms with E-state index in [1.54, 1.807) is 34.9 Å². The van der Waals surface area contributed by atoms with Gasteiger partial charge >= 0.3 is 0 Å². The third-order valence-electron chi connectivity index (χ3n) is 5.83. The summed E-state index contributed by atoms with van der Waals surface area (Å²) in [5.41, 5.74) is 1.61. The third-order valence-corrected chi connectivity index (χ3v) is 7.89. The van der Waals surface area contributed by atoms with E-state index in [2.05, 4.69) is 5.32 Å². The number of benzene rings is 3. The van der Waals surface area contributed by atoms with Gasteiger partial charge in [0, 0.05) is 51.5 Å². The van der Waals surface area contributed by atoms with Crippen LogP contribution in [0.4, 0.5) is 0 Å². The maximum atomic E-state index is 13.7. The molecule has 0 aliphatic heterocycles. The number of carbonyl (C=O) groups is 2. The minimum Gasteiger partial charge on any atom is -0.354 e. The second-order valence-corrected chi connectivity index (χ2v) is 11.0. The van der Waals surface area contributed by atoms with E-state index in [0.29, 0.717) is 46.4 Å². The van der Waals surface area contributed by atoms with E-state index in [1.165, 1.54) is 0 Å². The van der Waals surface area contributed by atoms with Gasteiger partial charge < -0.3 is 10.2 Å². The molecule has 1 unspecified atom stereocenters. The van der Waals surface area contributed by atoms with Gasteiger partial charge in [-0.2, -0.15) is 0 Å². The molecule has 1 atom stereocenters. The molecule has 0 aliphatic rings. The number of hydrogen-bond acceptors (Lipinski definition) is 3. The van der Waals surface area contributed by atoms with Crippen molar-refractivity contribution < 1.29 is 9.59 Å². The van der Waals surface area contributed by atoms with Crippen LogP contribution in [0.25, 0.3) is 0 Å². The van der Waals surface area contributed by atoms with Crippen LogP contribution in [-0.2, 0) is 22.6 Å². The fourth-order valence-corrected chi connectivity index (χ4v) is 5.36. The lowest BCUT2D eigenvalue weighted by molar-refractivity contribution is -0.141. The fraction of sp³-hybridized carbons (Fsp3) is 0.310. The average Bonchev–Trinajstić information content (AvgIpc) is 2.90. The summed E-state index contributed by atoms with van der Waals surface area (Å²) in [5.74, 6) is 0.470. The van der Waals surface area contributed by atoms with Crippen molar-refractivity contribution >= 4 is 58.4 Å². The maximum absolute atomic E-state index is 13.7. The van der Waals surface area contributed by atoms with E-state index in [9.17, 15) is 9.59 Å². The predicted octanol–water partition coefficient (Wildman–Crippen LogP) is 7.69. The first-order chi connectivity index (χ1) is 17.9. The smallest absolute Gasteiger partial charge is 0.243 e. The Labute approximate surface area is 238 Å². The molecule has 0 bridgehead atoms. The SMILES string of the molecule is CCCNC(=O)C(Cc1ccccc1)N(Cc1c(Cl)cccc1Cl)C(=O)CCCSc1ccc(Cl)cc1. The number of rotatable bonds is 13. The van der Waals surface area contributed by atoms with E-state index < -0.39 is 6.04 Å². The minimum atomic E-state index is -0.697. The first-order valence-corrected chi connectivity index (χ1v) is 14.4. The summed E-state index contributed by atoms with van der Waals surface area (Å²) in [4.78, 5) is 29.8. The van der Waals surface area contributed by atoms with E-state index in [-0.39, 0.29) is 18.4 Å². The summed E-state index contributed by atoms with van der Waals surface area (Å²) in [6.07, 6.45) is 2.16. The number of thioether (sulfide) groups is 1. The van der Waals surface area contributed by atoms with Gasteiger partial charge in [0.2, 0.25) is 11.8 Å². The summed E-state index contributed by atoms with van der Waals surface area (Å²) in [6, 6.07) is 21.9. The van der Waals surface area contributed by atoms with Crippen molar-refractivity contribution in [3.63, 3.8) is 0 Å². The summed E-state index contributed by atoms with van der Waals surface area (Å²) < 4.78 is 0. The van der Waals surface area contributed by atoms with Crippen molar-refractivity contribution in [3.8, 4) is 0 Å². The van der Waals surface area contributed by atoms with Gasteiger partial charge in [0.25, 0.3) is 0 Å². The quantitative estimate of drug-likeness (QED) is 0.167. The molecule has 0 aromatic heterocycles. The lowest BCUT2D eigenvalue weighted by Crippen LogP contribution is -2.50. The second kappa shape index (κ2) is 15.3. The van der Waals surface area contributed by atoms with Gasteiger partial charge in [-0.15, -0.1) is 11.8 Å². The van der Waals surface area contributed by atoms with Crippen LogP contribution < -0.4 is 5.32 Å². The Bertz CT molecular complexity index is 1140. The first-order valence-electron chi connectivity index (χ1n) is 12.3. The molecule has 0 heterocycles. The highest BCUT2D eigenvalue weighted by Crippen LogP contribution is 2.28. The molecule has 0 saturated carbocycles. The minimum absolute atomic E-state index is 0.111. The number of nitrogens with zero attached hydrogens (tertiary/aromatic N) is 1. The summed E-state index contributed by atoms with van der Waals surface area (Å²) in [7, 11) is 0.